The third-order valence-electron chi connectivity index (χ3n) is 5.26. The minimum absolute atomic E-state index is 0.0813. The second-order valence-corrected chi connectivity index (χ2v) is 6.74. The number of H-pyrrole nitrogens is 1. The van der Waals surface area contributed by atoms with Gasteiger partial charge in [0.2, 0.25) is 0 Å². The quantitative estimate of drug-likeness (QED) is 0.944. The van der Waals surface area contributed by atoms with E-state index in [0.717, 1.165) is 38.1 Å². The van der Waals surface area contributed by atoms with Crippen LogP contribution in [0.2, 0.25) is 0 Å². The number of fused-ring (bicyclic) bond motifs is 1. The second kappa shape index (κ2) is 6.30. The smallest absolute Gasteiger partial charge is 0.257 e. The van der Waals surface area contributed by atoms with Gasteiger partial charge < -0.3 is 14.6 Å². The molecule has 2 heterocycles. The van der Waals surface area contributed by atoms with Crippen molar-refractivity contribution in [3.63, 3.8) is 0 Å². The van der Waals surface area contributed by atoms with E-state index in [1.54, 1.807) is 13.3 Å². The van der Waals surface area contributed by atoms with Gasteiger partial charge in [0.15, 0.2) is 0 Å². The fourth-order valence-corrected chi connectivity index (χ4v) is 3.99. The number of piperidine rings is 1. The number of rotatable bonds is 3. The minimum atomic E-state index is 0.0813. The summed E-state index contributed by atoms with van der Waals surface area (Å²) in [6.45, 7) is 1.52. The molecule has 24 heavy (non-hydrogen) atoms. The number of carbonyl (C=O) groups is 1. The lowest BCUT2D eigenvalue weighted by Gasteiger charge is -2.32. The number of ether oxygens (including phenoxy) is 1. The van der Waals surface area contributed by atoms with Crippen molar-refractivity contribution in [3.8, 4) is 5.75 Å². The van der Waals surface area contributed by atoms with Gasteiger partial charge in [-0.05, 0) is 55.4 Å². The first-order chi connectivity index (χ1) is 11.8. The monoisotopic (exact) mass is 325 g/mol. The van der Waals surface area contributed by atoms with Crippen LogP contribution in [0.1, 0.15) is 52.5 Å². The van der Waals surface area contributed by atoms with Crippen molar-refractivity contribution in [3.05, 3.63) is 47.0 Å². The lowest BCUT2D eigenvalue weighted by Crippen LogP contribution is -2.39. The molecule has 1 saturated heterocycles. The Bertz CT molecular complexity index is 739. The number of likely N-dealkylation sites (tertiary alicyclic amines) is 1. The van der Waals surface area contributed by atoms with Crippen molar-refractivity contribution >= 4 is 5.91 Å². The molecule has 1 aromatic carbocycles. The number of amides is 1. The first-order valence-corrected chi connectivity index (χ1v) is 8.74. The lowest BCUT2D eigenvalue weighted by atomic mass is 9.96. The van der Waals surface area contributed by atoms with Crippen molar-refractivity contribution in [1.82, 2.24) is 14.9 Å². The van der Waals surface area contributed by atoms with E-state index < -0.39 is 0 Å². The van der Waals surface area contributed by atoms with Crippen molar-refractivity contribution < 1.29 is 9.53 Å². The molecule has 1 aromatic heterocycles. The van der Waals surface area contributed by atoms with E-state index in [0.29, 0.717) is 17.9 Å². The molecule has 126 valence electrons. The summed E-state index contributed by atoms with van der Waals surface area (Å²) in [7, 11) is 1.65. The molecule has 2 aromatic rings. The summed E-state index contributed by atoms with van der Waals surface area (Å²) in [5, 5.41) is 0. The maximum absolute atomic E-state index is 13.1. The van der Waals surface area contributed by atoms with E-state index in [9.17, 15) is 4.79 Å². The zero-order valence-electron chi connectivity index (χ0n) is 14.0. The SMILES string of the molecule is COc1cc2c(cc1C(=O)N1CCCC(c3ncc[nH]3)C1)CCC2. The van der Waals surface area contributed by atoms with E-state index in [-0.39, 0.29) is 11.8 Å². The van der Waals surface area contributed by atoms with Crippen LogP contribution in [0, 0.1) is 0 Å². The van der Waals surface area contributed by atoms with Gasteiger partial charge in [-0.25, -0.2) is 4.98 Å². The summed E-state index contributed by atoms with van der Waals surface area (Å²) in [6.07, 6.45) is 9.02. The Morgan fingerprint density at radius 3 is 2.88 bits per heavy atom. The number of aryl methyl sites for hydroxylation is 2. The van der Waals surface area contributed by atoms with Crippen LogP contribution in [0.15, 0.2) is 24.5 Å². The standard InChI is InChI=1S/C19H23N3O2/c1-24-17-11-14-5-2-4-13(14)10-16(17)19(23)22-9-3-6-15(12-22)18-20-7-8-21-18/h7-8,10-11,15H,2-6,9,12H2,1H3,(H,20,21). The van der Waals surface area contributed by atoms with Crippen molar-refractivity contribution in [2.24, 2.45) is 0 Å². The van der Waals surface area contributed by atoms with E-state index >= 15 is 0 Å². The average Bonchev–Trinajstić information content (AvgIpc) is 3.31. The Morgan fingerprint density at radius 1 is 1.29 bits per heavy atom. The zero-order chi connectivity index (χ0) is 16.5. The number of methoxy groups -OCH3 is 1. The Balaban J connectivity index is 1.59. The van der Waals surface area contributed by atoms with Crippen molar-refractivity contribution in [2.75, 3.05) is 20.2 Å². The van der Waals surface area contributed by atoms with Gasteiger partial charge in [-0.2, -0.15) is 0 Å². The fourth-order valence-electron chi connectivity index (χ4n) is 3.99. The molecule has 5 heteroatoms. The molecule has 1 aliphatic carbocycles. The molecular weight excluding hydrogens is 302 g/mol. The molecule has 5 nitrogen and oxygen atoms in total. The van der Waals surface area contributed by atoms with Gasteiger partial charge in [0.05, 0.1) is 12.7 Å². The third kappa shape index (κ3) is 2.68. The first-order valence-electron chi connectivity index (χ1n) is 8.74. The first kappa shape index (κ1) is 15.2. The van der Waals surface area contributed by atoms with Crippen LogP contribution >= 0.6 is 0 Å². The van der Waals surface area contributed by atoms with Gasteiger partial charge in [-0.3, -0.25) is 4.79 Å². The zero-order valence-corrected chi connectivity index (χ0v) is 14.0. The maximum Gasteiger partial charge on any atom is 0.257 e. The average molecular weight is 325 g/mol. The Labute approximate surface area is 142 Å². The summed E-state index contributed by atoms with van der Waals surface area (Å²) in [4.78, 5) is 22.6. The van der Waals surface area contributed by atoms with Gasteiger partial charge in [-0.15, -0.1) is 0 Å². The molecule has 1 N–H and O–H groups in total. The highest BCUT2D eigenvalue weighted by Gasteiger charge is 2.29. The van der Waals surface area contributed by atoms with Crippen LogP contribution in [0.4, 0.5) is 0 Å². The number of hydrogen-bond acceptors (Lipinski definition) is 3. The molecule has 0 radical (unpaired) electrons. The summed E-state index contributed by atoms with van der Waals surface area (Å²) in [5.41, 5.74) is 3.34. The number of nitrogens with one attached hydrogen (secondary N) is 1. The predicted octanol–water partition coefficient (Wildman–Crippen LogP) is 2.93. The number of aromatic amines is 1. The number of aromatic nitrogens is 2. The van der Waals surface area contributed by atoms with Crippen LogP contribution in [0.25, 0.3) is 0 Å². The van der Waals surface area contributed by atoms with E-state index in [2.05, 4.69) is 22.1 Å². The molecule has 1 fully saturated rings. The Hall–Kier alpha value is -2.30. The molecule has 0 saturated carbocycles. The van der Waals surface area contributed by atoms with Crippen LogP contribution in [-0.4, -0.2) is 41.0 Å². The summed E-state index contributed by atoms with van der Waals surface area (Å²) in [5.74, 6) is 2.06. The van der Waals surface area contributed by atoms with Crippen molar-refractivity contribution in [2.45, 2.75) is 38.0 Å². The van der Waals surface area contributed by atoms with Crippen LogP contribution < -0.4 is 4.74 Å². The number of imidazole rings is 1. The third-order valence-corrected chi connectivity index (χ3v) is 5.26. The van der Waals surface area contributed by atoms with E-state index in [1.807, 2.05) is 11.1 Å². The number of carbonyl (C=O) groups excluding carboxylic acids is 1. The Morgan fingerprint density at radius 2 is 2.12 bits per heavy atom. The van der Waals surface area contributed by atoms with Crippen LogP contribution in [0.5, 0.6) is 5.75 Å². The molecule has 4 rings (SSSR count). The maximum atomic E-state index is 13.1. The van der Waals surface area contributed by atoms with Gasteiger partial charge in [0.1, 0.15) is 11.6 Å². The molecular formula is C19H23N3O2. The molecule has 1 unspecified atom stereocenters. The Kier molecular flexibility index (Phi) is 4.00. The molecule has 2 aliphatic rings. The highest BCUT2D eigenvalue weighted by molar-refractivity contribution is 5.97. The molecule has 1 atom stereocenters. The fraction of sp³-hybridized carbons (Fsp3) is 0.474. The second-order valence-electron chi connectivity index (χ2n) is 6.74. The highest BCUT2D eigenvalue weighted by Crippen LogP contribution is 2.32. The summed E-state index contributed by atoms with van der Waals surface area (Å²) < 4.78 is 5.52. The normalized spacial score (nSPS) is 20.0. The minimum Gasteiger partial charge on any atom is -0.496 e. The molecule has 1 aliphatic heterocycles. The van der Waals surface area contributed by atoms with Gasteiger partial charge in [0, 0.05) is 31.4 Å². The van der Waals surface area contributed by atoms with Crippen LogP contribution in [-0.2, 0) is 12.8 Å². The summed E-state index contributed by atoms with van der Waals surface area (Å²) >= 11 is 0. The van der Waals surface area contributed by atoms with Gasteiger partial charge in [-0.1, -0.05) is 0 Å². The van der Waals surface area contributed by atoms with Crippen molar-refractivity contribution in [1.29, 1.82) is 0 Å². The van der Waals surface area contributed by atoms with Crippen LogP contribution in [0.3, 0.4) is 0 Å². The van der Waals surface area contributed by atoms with Gasteiger partial charge >= 0.3 is 0 Å². The molecule has 1 amide bonds. The summed E-state index contributed by atoms with van der Waals surface area (Å²) in [6, 6.07) is 4.11. The topological polar surface area (TPSA) is 58.2 Å². The predicted molar refractivity (Wildman–Crippen MR) is 91.5 cm³/mol. The number of nitrogens with zero attached hydrogens (tertiary/aromatic N) is 2. The lowest BCUT2D eigenvalue weighted by molar-refractivity contribution is 0.0701. The van der Waals surface area contributed by atoms with E-state index in [4.69, 9.17) is 4.74 Å². The van der Waals surface area contributed by atoms with Gasteiger partial charge in [0.25, 0.3) is 5.91 Å². The molecule has 0 bridgehead atoms. The largest absolute Gasteiger partial charge is 0.496 e. The molecule has 0 spiro atoms. The van der Waals surface area contributed by atoms with E-state index in [1.165, 1.54) is 17.5 Å². The number of hydrogen-bond donors (Lipinski definition) is 1. The highest BCUT2D eigenvalue weighted by atomic mass is 16.5. The number of benzene rings is 1.